The second-order valence-electron chi connectivity index (χ2n) is 13.0. The van der Waals surface area contributed by atoms with Crippen molar-refractivity contribution in [1.29, 1.82) is 0 Å². The molecule has 2 aliphatic heterocycles. The highest BCUT2D eigenvalue weighted by molar-refractivity contribution is 6.00. The van der Waals surface area contributed by atoms with Crippen LogP contribution < -0.4 is 18.9 Å². The largest absolute Gasteiger partial charge is 0.496 e. The first-order valence-electron chi connectivity index (χ1n) is 14.5. The lowest BCUT2D eigenvalue weighted by Gasteiger charge is -2.65. The van der Waals surface area contributed by atoms with Gasteiger partial charge in [0.25, 0.3) is 5.91 Å². The molecule has 214 valence electrons. The van der Waals surface area contributed by atoms with Gasteiger partial charge in [-0.15, -0.1) is 0 Å². The third-order valence-corrected chi connectivity index (χ3v) is 11.0. The number of ketones is 1. The van der Waals surface area contributed by atoms with Crippen LogP contribution in [0.4, 0.5) is 0 Å². The number of amides is 1. The standard InChI is InChI=1S/C33H41NO6/c1-19-8-11-27-31(2,3)28(35)12-13-33(27)32(19,4)16-22-25(38-6)15-21-23(29(22)40-33)18-34(30(21)36)17-20-9-10-24(37-5)26(14-20)39-7/h9-10,14-15,19,27H,8,11-13,16-18H2,1-7H3/t19-,27-,32+,33-/m0/s1. The van der Waals surface area contributed by atoms with Gasteiger partial charge in [-0.1, -0.05) is 33.8 Å². The molecule has 1 amide bonds. The summed E-state index contributed by atoms with van der Waals surface area (Å²) in [6, 6.07) is 7.66. The van der Waals surface area contributed by atoms with Gasteiger partial charge < -0.3 is 23.8 Å². The third kappa shape index (κ3) is 3.55. The molecule has 0 bridgehead atoms. The number of carbonyl (C=O) groups is 2. The Balaban J connectivity index is 1.42. The van der Waals surface area contributed by atoms with Crippen molar-refractivity contribution in [2.45, 2.75) is 78.5 Å². The van der Waals surface area contributed by atoms with Gasteiger partial charge in [-0.3, -0.25) is 9.59 Å². The van der Waals surface area contributed by atoms with Crippen LogP contribution in [0.2, 0.25) is 0 Å². The fourth-order valence-electron chi connectivity index (χ4n) is 8.42. The molecular formula is C33H41NO6. The van der Waals surface area contributed by atoms with Crippen molar-refractivity contribution in [3.05, 3.63) is 46.5 Å². The summed E-state index contributed by atoms with van der Waals surface area (Å²) in [6.07, 6.45) is 4.10. The first-order valence-corrected chi connectivity index (χ1v) is 14.5. The van der Waals surface area contributed by atoms with E-state index in [1.807, 2.05) is 29.2 Å². The van der Waals surface area contributed by atoms with Gasteiger partial charge in [-0.05, 0) is 55.4 Å². The zero-order chi connectivity index (χ0) is 28.6. The van der Waals surface area contributed by atoms with E-state index in [-0.39, 0.29) is 17.2 Å². The van der Waals surface area contributed by atoms with Gasteiger partial charge in [-0.25, -0.2) is 0 Å². The summed E-state index contributed by atoms with van der Waals surface area (Å²) in [6.45, 7) is 9.82. The van der Waals surface area contributed by atoms with Gasteiger partial charge in [0.05, 0.1) is 33.4 Å². The number of hydrogen-bond donors (Lipinski definition) is 0. The first kappa shape index (κ1) is 27.0. The number of Topliss-reactive ketones (excluding diaryl/α,β-unsaturated/α-hetero) is 1. The van der Waals surface area contributed by atoms with Crippen LogP contribution in [0.25, 0.3) is 0 Å². The van der Waals surface area contributed by atoms with Crippen LogP contribution >= 0.6 is 0 Å². The SMILES string of the molecule is COc1ccc(CN2Cc3c(cc(OC)c4c3O[C@@]35CCC(=O)C(C)(C)[C@@H]3CC[C@H](C)[C@@]5(C)C4)C2=O)cc1OC. The molecule has 0 aromatic heterocycles. The van der Waals surface area contributed by atoms with Crippen LogP contribution in [-0.2, 0) is 24.3 Å². The minimum Gasteiger partial charge on any atom is -0.496 e. The van der Waals surface area contributed by atoms with E-state index in [0.29, 0.717) is 54.0 Å². The van der Waals surface area contributed by atoms with Gasteiger partial charge in [0.1, 0.15) is 22.9 Å². The predicted octanol–water partition coefficient (Wildman–Crippen LogP) is 5.98. The van der Waals surface area contributed by atoms with Crippen LogP contribution in [0, 0.1) is 22.7 Å². The van der Waals surface area contributed by atoms with E-state index >= 15 is 0 Å². The van der Waals surface area contributed by atoms with Crippen LogP contribution in [0.5, 0.6) is 23.0 Å². The topological polar surface area (TPSA) is 74.3 Å². The van der Waals surface area contributed by atoms with Crippen molar-refractivity contribution >= 4 is 11.7 Å². The number of ether oxygens (including phenoxy) is 4. The van der Waals surface area contributed by atoms with Gasteiger partial charge in [-0.2, -0.15) is 0 Å². The molecule has 6 rings (SSSR count). The molecule has 40 heavy (non-hydrogen) atoms. The number of fused-ring (bicyclic) bond motifs is 3. The van der Waals surface area contributed by atoms with Crippen LogP contribution in [-0.4, -0.2) is 43.5 Å². The minimum absolute atomic E-state index is 0.0342. The lowest BCUT2D eigenvalue weighted by atomic mass is 9.44. The summed E-state index contributed by atoms with van der Waals surface area (Å²) in [4.78, 5) is 28.8. The summed E-state index contributed by atoms with van der Waals surface area (Å²) >= 11 is 0. The fourth-order valence-corrected chi connectivity index (χ4v) is 8.42. The summed E-state index contributed by atoms with van der Waals surface area (Å²) in [5.41, 5.74) is 2.53. The molecule has 0 unspecified atom stereocenters. The highest BCUT2D eigenvalue weighted by Gasteiger charge is 2.68. The van der Waals surface area contributed by atoms with E-state index in [0.717, 1.165) is 48.1 Å². The minimum atomic E-state index is -0.463. The number of rotatable bonds is 5. The molecule has 2 heterocycles. The summed E-state index contributed by atoms with van der Waals surface area (Å²) in [7, 11) is 4.90. The highest BCUT2D eigenvalue weighted by atomic mass is 16.5. The van der Waals surface area contributed by atoms with Crippen molar-refractivity contribution in [2.75, 3.05) is 21.3 Å². The molecule has 1 spiro atoms. The van der Waals surface area contributed by atoms with Crippen LogP contribution in [0.15, 0.2) is 24.3 Å². The second kappa shape index (κ2) is 9.15. The summed E-state index contributed by atoms with van der Waals surface area (Å²) in [5.74, 6) is 3.67. The van der Waals surface area contributed by atoms with Crippen molar-refractivity contribution in [1.82, 2.24) is 4.90 Å². The van der Waals surface area contributed by atoms with Crippen LogP contribution in [0.1, 0.15) is 80.4 Å². The van der Waals surface area contributed by atoms with E-state index in [1.54, 1.807) is 21.3 Å². The number of nitrogens with zero attached hydrogens (tertiary/aromatic N) is 1. The molecule has 2 fully saturated rings. The molecule has 7 nitrogen and oxygen atoms in total. The molecule has 2 aromatic carbocycles. The average molecular weight is 548 g/mol. The molecular weight excluding hydrogens is 506 g/mol. The van der Waals surface area contributed by atoms with E-state index < -0.39 is 11.0 Å². The molecule has 4 atom stereocenters. The Morgan fingerprint density at radius 3 is 2.38 bits per heavy atom. The molecule has 7 heteroatoms. The Hall–Kier alpha value is -3.22. The Labute approximate surface area is 237 Å². The van der Waals surface area contributed by atoms with Crippen molar-refractivity contribution < 1.29 is 28.5 Å². The number of carbonyl (C=O) groups excluding carboxylic acids is 2. The maximum Gasteiger partial charge on any atom is 0.255 e. The smallest absolute Gasteiger partial charge is 0.255 e. The van der Waals surface area contributed by atoms with Gasteiger partial charge >= 0.3 is 0 Å². The predicted molar refractivity (Wildman–Crippen MR) is 151 cm³/mol. The normalized spacial score (nSPS) is 30.0. The highest BCUT2D eigenvalue weighted by Crippen LogP contribution is 2.66. The molecule has 0 radical (unpaired) electrons. The Bertz CT molecular complexity index is 1400. The fraction of sp³-hybridized carbons (Fsp3) is 0.576. The van der Waals surface area contributed by atoms with E-state index in [4.69, 9.17) is 18.9 Å². The zero-order valence-electron chi connectivity index (χ0n) is 24.8. The van der Waals surface area contributed by atoms with E-state index in [2.05, 4.69) is 27.7 Å². The molecule has 0 saturated heterocycles. The lowest BCUT2D eigenvalue weighted by Crippen LogP contribution is -2.69. The van der Waals surface area contributed by atoms with Gasteiger partial charge in [0.2, 0.25) is 0 Å². The number of hydrogen-bond acceptors (Lipinski definition) is 6. The third-order valence-electron chi connectivity index (χ3n) is 11.0. The van der Waals surface area contributed by atoms with Crippen LogP contribution in [0.3, 0.4) is 0 Å². The van der Waals surface area contributed by atoms with E-state index in [1.165, 1.54) is 0 Å². The van der Waals surface area contributed by atoms with Gasteiger partial charge in [0.15, 0.2) is 11.5 Å². The number of methoxy groups -OCH3 is 3. The monoisotopic (exact) mass is 547 g/mol. The first-order chi connectivity index (χ1) is 19.0. The Morgan fingerprint density at radius 2 is 1.68 bits per heavy atom. The quantitative estimate of drug-likeness (QED) is 0.458. The molecule has 2 aromatic rings. The Kier molecular flexibility index (Phi) is 6.17. The number of benzene rings is 2. The molecule has 0 N–H and O–H groups in total. The second-order valence-corrected chi connectivity index (χ2v) is 13.0. The summed E-state index contributed by atoms with van der Waals surface area (Å²) < 4.78 is 24.1. The Morgan fingerprint density at radius 1 is 0.950 bits per heavy atom. The summed E-state index contributed by atoms with van der Waals surface area (Å²) in [5, 5.41) is 0. The maximum atomic E-state index is 13.8. The van der Waals surface area contributed by atoms with E-state index in [9.17, 15) is 9.59 Å². The molecule has 2 aliphatic carbocycles. The van der Waals surface area contributed by atoms with Crippen molar-refractivity contribution in [3.63, 3.8) is 0 Å². The zero-order valence-corrected chi connectivity index (χ0v) is 24.8. The molecule has 4 aliphatic rings. The average Bonchev–Trinajstić information content (AvgIpc) is 3.24. The molecule has 2 saturated carbocycles. The van der Waals surface area contributed by atoms with Crippen molar-refractivity contribution in [3.8, 4) is 23.0 Å². The maximum absolute atomic E-state index is 13.8. The van der Waals surface area contributed by atoms with Crippen molar-refractivity contribution in [2.24, 2.45) is 22.7 Å². The lowest BCUT2D eigenvalue weighted by molar-refractivity contribution is -0.209. The van der Waals surface area contributed by atoms with Gasteiger partial charge in [0, 0.05) is 40.8 Å².